The lowest BCUT2D eigenvalue weighted by Gasteiger charge is -2.54. The minimum absolute atomic E-state index is 0.0492. The van der Waals surface area contributed by atoms with Gasteiger partial charge in [-0.3, -0.25) is 19.4 Å². The zero-order valence-electron chi connectivity index (χ0n) is 21.9. The highest BCUT2D eigenvalue weighted by molar-refractivity contribution is 5.96. The van der Waals surface area contributed by atoms with E-state index in [2.05, 4.69) is 27.3 Å². The summed E-state index contributed by atoms with van der Waals surface area (Å²) in [6, 6.07) is 6.63. The Morgan fingerprint density at radius 1 is 1.05 bits per heavy atom. The maximum Gasteiger partial charge on any atom is 0.230 e. The zero-order chi connectivity index (χ0) is 25.7. The van der Waals surface area contributed by atoms with Crippen LogP contribution in [0.4, 0.5) is 5.69 Å². The topological polar surface area (TPSA) is 82.6 Å². The van der Waals surface area contributed by atoms with Crippen molar-refractivity contribution in [1.29, 1.82) is 0 Å². The molecule has 2 fully saturated rings. The maximum atomic E-state index is 13.7. The van der Waals surface area contributed by atoms with Crippen molar-refractivity contribution in [3.8, 4) is 11.1 Å². The summed E-state index contributed by atoms with van der Waals surface area (Å²) in [6.07, 6.45) is 12.2. The van der Waals surface area contributed by atoms with Crippen molar-refractivity contribution in [2.45, 2.75) is 76.7 Å². The number of pyridine rings is 1. The van der Waals surface area contributed by atoms with Gasteiger partial charge < -0.3 is 15.1 Å². The van der Waals surface area contributed by atoms with Crippen molar-refractivity contribution < 1.29 is 14.4 Å². The number of aryl methyl sites for hydroxylation is 1. The Morgan fingerprint density at radius 2 is 1.84 bits per heavy atom. The van der Waals surface area contributed by atoms with E-state index in [1.165, 1.54) is 11.1 Å². The lowest BCUT2D eigenvalue weighted by Crippen LogP contribution is -2.61. The second-order valence-corrected chi connectivity index (χ2v) is 11.7. The van der Waals surface area contributed by atoms with Crippen LogP contribution < -0.4 is 10.2 Å². The van der Waals surface area contributed by atoms with Gasteiger partial charge in [0.1, 0.15) is 0 Å². The summed E-state index contributed by atoms with van der Waals surface area (Å²) in [4.78, 5) is 45.6. The normalized spacial score (nSPS) is 22.8. The van der Waals surface area contributed by atoms with Gasteiger partial charge >= 0.3 is 0 Å². The average molecular weight is 501 g/mol. The third-order valence-electron chi connectivity index (χ3n) is 9.24. The van der Waals surface area contributed by atoms with Crippen LogP contribution in [0.15, 0.2) is 30.6 Å². The monoisotopic (exact) mass is 500 g/mol. The Bertz CT molecular complexity index is 1260. The van der Waals surface area contributed by atoms with Crippen LogP contribution in [-0.4, -0.2) is 53.8 Å². The van der Waals surface area contributed by atoms with Crippen LogP contribution in [-0.2, 0) is 27.2 Å². The van der Waals surface area contributed by atoms with Crippen molar-refractivity contribution in [2.24, 2.45) is 5.41 Å². The predicted molar refractivity (Wildman–Crippen MR) is 142 cm³/mol. The van der Waals surface area contributed by atoms with E-state index < -0.39 is 0 Å². The molecular formula is C30H36N4O3. The summed E-state index contributed by atoms with van der Waals surface area (Å²) in [5.74, 6) is 0.341. The number of nitrogens with zero attached hydrogens (tertiary/aromatic N) is 3. The molecule has 2 aliphatic heterocycles. The Kier molecular flexibility index (Phi) is 6.04. The SMILES string of the molecule is CC(=O)NC1CCC2(CC1)CN(C(=O)C1CCCc3c(-c4ccc5c(c4)CCC(=O)N5C)cncc31)C2. The van der Waals surface area contributed by atoms with Gasteiger partial charge in [-0.1, -0.05) is 6.07 Å². The van der Waals surface area contributed by atoms with Gasteiger partial charge in [-0.25, -0.2) is 0 Å². The molecule has 0 radical (unpaired) electrons. The Labute approximate surface area is 218 Å². The molecule has 4 aliphatic rings. The first-order chi connectivity index (χ1) is 17.8. The molecule has 6 rings (SSSR count). The number of hydrogen-bond acceptors (Lipinski definition) is 4. The molecule has 1 saturated heterocycles. The van der Waals surface area contributed by atoms with E-state index in [1.807, 2.05) is 25.5 Å². The molecule has 7 heteroatoms. The van der Waals surface area contributed by atoms with E-state index in [0.29, 0.717) is 6.42 Å². The van der Waals surface area contributed by atoms with Gasteiger partial charge in [-0.2, -0.15) is 0 Å². The van der Waals surface area contributed by atoms with Crippen molar-refractivity contribution in [3.05, 3.63) is 47.3 Å². The Balaban J connectivity index is 1.19. The summed E-state index contributed by atoms with van der Waals surface area (Å²) in [6.45, 7) is 3.27. The number of carbonyl (C=O) groups excluding carboxylic acids is 3. The second kappa shape index (κ2) is 9.26. The molecule has 2 aromatic rings. The molecule has 2 aliphatic carbocycles. The molecule has 1 saturated carbocycles. The van der Waals surface area contributed by atoms with Gasteiger partial charge in [0.05, 0.1) is 5.92 Å². The number of likely N-dealkylation sites (tertiary alicyclic amines) is 1. The fourth-order valence-electron chi connectivity index (χ4n) is 7.17. The van der Waals surface area contributed by atoms with Gasteiger partial charge in [-0.15, -0.1) is 0 Å². The highest BCUT2D eigenvalue weighted by atomic mass is 16.2. The summed E-state index contributed by atoms with van der Waals surface area (Å²) in [5, 5.41) is 3.06. The lowest BCUT2D eigenvalue weighted by molar-refractivity contribution is -0.148. The highest BCUT2D eigenvalue weighted by Crippen LogP contribution is 2.46. The molecule has 37 heavy (non-hydrogen) atoms. The number of rotatable bonds is 3. The molecule has 1 spiro atoms. The molecular weight excluding hydrogens is 464 g/mol. The summed E-state index contributed by atoms with van der Waals surface area (Å²) in [7, 11) is 1.84. The van der Waals surface area contributed by atoms with Crippen LogP contribution in [0.5, 0.6) is 0 Å². The fraction of sp³-hybridized carbons (Fsp3) is 0.533. The highest BCUT2D eigenvalue weighted by Gasteiger charge is 2.48. The minimum atomic E-state index is -0.120. The van der Waals surface area contributed by atoms with E-state index in [-0.39, 0.29) is 35.1 Å². The molecule has 3 heterocycles. The van der Waals surface area contributed by atoms with Gasteiger partial charge in [0.15, 0.2) is 0 Å². The molecule has 194 valence electrons. The quantitative estimate of drug-likeness (QED) is 0.691. The standard InChI is InChI=1S/C30H36N4O3/c1-19(35)32-22-10-12-30(13-11-22)17-34(18-30)29(37)24-5-3-4-23-25(15-31-16-26(23)24)20-6-8-27-21(14-20)7-9-28(36)33(27)2/h6,8,14-16,22,24H,3-5,7,9-13,17-18H2,1-2H3,(H,32,35). The van der Waals surface area contributed by atoms with Crippen molar-refractivity contribution in [1.82, 2.24) is 15.2 Å². The lowest BCUT2D eigenvalue weighted by atomic mass is 9.66. The summed E-state index contributed by atoms with van der Waals surface area (Å²) in [5.41, 5.74) is 7.01. The van der Waals surface area contributed by atoms with Crippen LogP contribution in [0.2, 0.25) is 0 Å². The number of carbonyl (C=O) groups is 3. The first-order valence-corrected chi connectivity index (χ1v) is 13.8. The molecule has 1 aromatic carbocycles. The van der Waals surface area contributed by atoms with E-state index in [0.717, 1.165) is 86.8 Å². The first kappa shape index (κ1) is 24.1. The molecule has 1 N–H and O–H groups in total. The second-order valence-electron chi connectivity index (χ2n) is 11.7. The fourth-order valence-corrected chi connectivity index (χ4v) is 7.17. The van der Waals surface area contributed by atoms with Crippen molar-refractivity contribution >= 4 is 23.4 Å². The number of hydrogen-bond donors (Lipinski definition) is 1. The zero-order valence-corrected chi connectivity index (χ0v) is 21.9. The van der Waals surface area contributed by atoms with Crippen LogP contribution in [0.25, 0.3) is 11.1 Å². The Morgan fingerprint density at radius 3 is 2.59 bits per heavy atom. The third kappa shape index (κ3) is 4.32. The average Bonchev–Trinajstić information content (AvgIpc) is 2.88. The number of aromatic nitrogens is 1. The molecule has 7 nitrogen and oxygen atoms in total. The van der Waals surface area contributed by atoms with Crippen LogP contribution in [0.1, 0.15) is 74.5 Å². The largest absolute Gasteiger partial charge is 0.354 e. The van der Waals surface area contributed by atoms with Crippen LogP contribution in [0.3, 0.4) is 0 Å². The van der Waals surface area contributed by atoms with Crippen molar-refractivity contribution in [3.63, 3.8) is 0 Å². The summed E-state index contributed by atoms with van der Waals surface area (Å²) >= 11 is 0. The maximum absolute atomic E-state index is 13.7. The van der Waals surface area contributed by atoms with E-state index >= 15 is 0 Å². The van der Waals surface area contributed by atoms with E-state index in [9.17, 15) is 14.4 Å². The molecule has 3 amide bonds. The van der Waals surface area contributed by atoms with Crippen LogP contribution >= 0.6 is 0 Å². The predicted octanol–water partition coefficient (Wildman–Crippen LogP) is 3.98. The molecule has 0 bridgehead atoms. The Hall–Kier alpha value is -3.22. The number of benzene rings is 1. The third-order valence-corrected chi connectivity index (χ3v) is 9.24. The minimum Gasteiger partial charge on any atom is -0.354 e. The number of amides is 3. The molecule has 1 unspecified atom stereocenters. The number of anilines is 1. The summed E-state index contributed by atoms with van der Waals surface area (Å²) < 4.78 is 0. The smallest absolute Gasteiger partial charge is 0.230 e. The van der Waals surface area contributed by atoms with Gasteiger partial charge in [0, 0.05) is 68.6 Å². The van der Waals surface area contributed by atoms with Gasteiger partial charge in [-0.05, 0) is 85.8 Å². The number of nitrogens with one attached hydrogen (secondary N) is 1. The van der Waals surface area contributed by atoms with E-state index in [1.54, 1.807) is 11.8 Å². The van der Waals surface area contributed by atoms with Gasteiger partial charge in [0.25, 0.3) is 0 Å². The van der Waals surface area contributed by atoms with Crippen LogP contribution in [0, 0.1) is 5.41 Å². The first-order valence-electron chi connectivity index (χ1n) is 13.8. The van der Waals surface area contributed by atoms with Crippen molar-refractivity contribution in [2.75, 3.05) is 25.0 Å². The molecule has 1 aromatic heterocycles. The number of fused-ring (bicyclic) bond motifs is 2. The van der Waals surface area contributed by atoms with Gasteiger partial charge in [0.2, 0.25) is 17.7 Å². The van der Waals surface area contributed by atoms with E-state index in [4.69, 9.17) is 0 Å². The molecule has 1 atom stereocenters.